The van der Waals surface area contributed by atoms with Gasteiger partial charge in [-0.3, -0.25) is 13.9 Å². The van der Waals surface area contributed by atoms with E-state index in [1.54, 1.807) is 0 Å². The van der Waals surface area contributed by atoms with Gasteiger partial charge in [-0.2, -0.15) is 12.6 Å². The lowest BCUT2D eigenvalue weighted by atomic mass is 10.1. The number of carbonyl (C=O) groups is 1. The van der Waals surface area contributed by atoms with Crippen LogP contribution in [-0.4, -0.2) is 45.7 Å². The Bertz CT molecular complexity index is 417. The molecule has 0 aromatic rings. The van der Waals surface area contributed by atoms with Crippen LogP contribution in [-0.2, 0) is 23.0 Å². The van der Waals surface area contributed by atoms with Gasteiger partial charge in [0.1, 0.15) is 5.78 Å². The minimum atomic E-state index is -4.82. The predicted molar refractivity (Wildman–Crippen MR) is 80.6 cm³/mol. The molecule has 126 valence electrons. The van der Waals surface area contributed by atoms with Crippen molar-refractivity contribution in [2.24, 2.45) is 0 Å². The van der Waals surface area contributed by atoms with Gasteiger partial charge in [-0.25, -0.2) is 0 Å². The molecule has 0 spiro atoms. The van der Waals surface area contributed by atoms with Crippen LogP contribution in [0.2, 0.25) is 0 Å². The van der Waals surface area contributed by atoms with E-state index in [4.69, 9.17) is 0 Å². The Balaban J connectivity index is 4.93. The van der Waals surface area contributed by atoms with Gasteiger partial charge in [0.2, 0.25) is 0 Å². The first-order valence-electron chi connectivity index (χ1n) is 6.20. The maximum atomic E-state index is 11.8. The van der Waals surface area contributed by atoms with Crippen LogP contribution < -0.4 is 0 Å². The van der Waals surface area contributed by atoms with Crippen molar-refractivity contribution in [1.29, 1.82) is 0 Å². The van der Waals surface area contributed by atoms with E-state index < -0.39 is 26.7 Å². The number of ketones is 1. The Labute approximate surface area is 129 Å². The maximum Gasteiger partial charge on any atom is 0.371 e. The molecule has 0 aromatic heterocycles. The maximum absolute atomic E-state index is 11.8. The summed E-state index contributed by atoms with van der Waals surface area (Å²) in [6.07, 6.45) is 0.263. The van der Waals surface area contributed by atoms with Crippen LogP contribution in [0.25, 0.3) is 0 Å². The predicted octanol–water partition coefficient (Wildman–Crippen LogP) is 1.75. The average molecular weight is 364 g/mol. The first kappa shape index (κ1) is 21.3. The van der Waals surface area contributed by atoms with Crippen LogP contribution in [0.1, 0.15) is 32.1 Å². The summed E-state index contributed by atoms with van der Waals surface area (Å²) in [5, 5.41) is 7.19. The summed E-state index contributed by atoms with van der Waals surface area (Å²) in [5.41, 5.74) is 0. The molecule has 2 unspecified atom stereocenters. The van der Waals surface area contributed by atoms with Crippen LogP contribution >= 0.6 is 27.8 Å². The minimum absolute atomic E-state index is 0.00349. The Hall–Kier alpha value is 0.280. The molecule has 0 saturated carbocycles. The third-order valence-electron chi connectivity index (χ3n) is 2.98. The van der Waals surface area contributed by atoms with Gasteiger partial charge < -0.3 is 23.9 Å². The number of thiol groups is 1. The molecule has 0 rings (SSSR count). The van der Waals surface area contributed by atoms with E-state index in [0.717, 1.165) is 14.2 Å². The normalized spacial score (nSPS) is 20.3. The molecule has 0 amide bonds. The first-order chi connectivity index (χ1) is 9.58. The molecule has 21 heavy (non-hydrogen) atoms. The highest BCUT2D eigenvalue weighted by Crippen LogP contribution is 2.73. The summed E-state index contributed by atoms with van der Waals surface area (Å²) < 4.78 is 32.2. The van der Waals surface area contributed by atoms with Crippen LogP contribution in [0.5, 0.6) is 0 Å². The lowest BCUT2D eigenvalue weighted by Crippen LogP contribution is -2.30. The molecule has 0 radical (unpaired) electrons. The topological polar surface area (TPSA) is 130 Å². The van der Waals surface area contributed by atoms with E-state index in [1.807, 2.05) is 0 Å². The average Bonchev–Trinajstić information content (AvgIpc) is 2.44. The molecule has 0 aliphatic carbocycles. The summed E-state index contributed by atoms with van der Waals surface area (Å²) in [6, 6.07) is 0. The molecule has 0 saturated heterocycles. The second kappa shape index (κ2) is 8.79. The third kappa shape index (κ3) is 5.44. The fourth-order valence-electron chi connectivity index (χ4n) is 1.66. The number of hydrogen-bond acceptors (Lipinski definition) is 7. The summed E-state index contributed by atoms with van der Waals surface area (Å²) in [6.45, 7) is 0. The van der Waals surface area contributed by atoms with Gasteiger partial charge in [0.15, 0.2) is 0 Å². The zero-order chi connectivity index (χ0) is 16.7. The van der Waals surface area contributed by atoms with Gasteiger partial charge in [0.25, 0.3) is 5.08 Å². The number of aliphatic hydroxyl groups is 1. The summed E-state index contributed by atoms with van der Waals surface area (Å²) in [4.78, 5) is 30.7. The Morgan fingerprint density at radius 1 is 1.10 bits per heavy atom. The SMILES string of the molecule is COP(=O)(O)C(O)(CCCC(=O)CCCS)P(=O)(O)OC. The van der Waals surface area contributed by atoms with Gasteiger partial charge in [0.05, 0.1) is 0 Å². The minimum Gasteiger partial charge on any atom is -0.368 e. The molecule has 2 atom stereocenters. The molecular weight excluding hydrogens is 342 g/mol. The smallest absolute Gasteiger partial charge is 0.368 e. The molecule has 11 heteroatoms. The van der Waals surface area contributed by atoms with Gasteiger partial charge in [0, 0.05) is 33.5 Å². The molecule has 0 fully saturated rings. The van der Waals surface area contributed by atoms with Gasteiger partial charge in [-0.1, -0.05) is 0 Å². The van der Waals surface area contributed by atoms with E-state index in [0.29, 0.717) is 18.6 Å². The molecule has 3 N–H and O–H groups in total. The highest BCUT2D eigenvalue weighted by molar-refractivity contribution is 7.80. The van der Waals surface area contributed by atoms with E-state index in [9.17, 15) is 28.8 Å². The second-order valence-corrected chi connectivity index (χ2v) is 9.49. The quantitative estimate of drug-likeness (QED) is 0.322. The molecule has 8 nitrogen and oxygen atoms in total. The zero-order valence-corrected chi connectivity index (χ0v) is 14.7. The Kier molecular flexibility index (Phi) is 8.91. The van der Waals surface area contributed by atoms with Crippen molar-refractivity contribution in [1.82, 2.24) is 0 Å². The largest absolute Gasteiger partial charge is 0.371 e. The van der Waals surface area contributed by atoms with Crippen molar-refractivity contribution in [3.63, 3.8) is 0 Å². The summed E-state index contributed by atoms with van der Waals surface area (Å²) in [5.74, 6) is 0.433. The van der Waals surface area contributed by atoms with Crippen molar-refractivity contribution in [2.45, 2.75) is 37.2 Å². The Morgan fingerprint density at radius 3 is 1.90 bits per heavy atom. The van der Waals surface area contributed by atoms with Crippen molar-refractivity contribution in [3.05, 3.63) is 0 Å². The highest BCUT2D eigenvalue weighted by atomic mass is 32.1. The van der Waals surface area contributed by atoms with E-state index >= 15 is 0 Å². The molecule has 0 heterocycles. The van der Waals surface area contributed by atoms with Gasteiger partial charge in [-0.05, 0) is 18.6 Å². The number of rotatable bonds is 11. The standard InChI is InChI=1S/C10H22O8P2S/c1-17-19(13,14)10(12,20(15,16)18-2)7-3-5-9(11)6-4-8-21/h12,21H,3-8H2,1-2H3,(H,13,14)(H,15,16). The lowest BCUT2D eigenvalue weighted by Gasteiger charge is -2.32. The summed E-state index contributed by atoms with van der Waals surface area (Å²) in [7, 11) is -7.98. The van der Waals surface area contributed by atoms with E-state index in [-0.39, 0.29) is 18.6 Å². The fraction of sp³-hybridized carbons (Fsp3) is 0.900. The van der Waals surface area contributed by atoms with Crippen LogP contribution in [0.3, 0.4) is 0 Å². The number of carbonyl (C=O) groups excluding carboxylic acids is 1. The highest BCUT2D eigenvalue weighted by Gasteiger charge is 2.60. The number of hydrogen-bond donors (Lipinski definition) is 4. The van der Waals surface area contributed by atoms with E-state index in [1.165, 1.54) is 0 Å². The van der Waals surface area contributed by atoms with Crippen LogP contribution in [0, 0.1) is 0 Å². The van der Waals surface area contributed by atoms with Gasteiger partial charge in [-0.15, -0.1) is 0 Å². The third-order valence-corrected chi connectivity index (χ3v) is 8.06. The fourth-order valence-corrected chi connectivity index (χ4v) is 5.05. The lowest BCUT2D eigenvalue weighted by molar-refractivity contribution is -0.119. The van der Waals surface area contributed by atoms with E-state index in [2.05, 4.69) is 21.7 Å². The monoisotopic (exact) mass is 364 g/mol. The van der Waals surface area contributed by atoms with Gasteiger partial charge >= 0.3 is 15.2 Å². The molecule has 0 aromatic carbocycles. The van der Waals surface area contributed by atoms with Crippen LogP contribution in [0.4, 0.5) is 0 Å². The first-order valence-corrected chi connectivity index (χ1v) is 9.99. The molecule has 0 aliphatic rings. The van der Waals surface area contributed by atoms with Crippen LogP contribution in [0.15, 0.2) is 0 Å². The van der Waals surface area contributed by atoms with Crippen molar-refractivity contribution in [3.8, 4) is 0 Å². The molecular formula is C10H22O8P2S. The molecule has 0 bridgehead atoms. The molecule has 0 aliphatic heterocycles. The zero-order valence-electron chi connectivity index (χ0n) is 12.0. The van der Waals surface area contributed by atoms with Crippen molar-refractivity contribution in [2.75, 3.05) is 20.0 Å². The second-order valence-electron chi connectivity index (χ2n) is 4.40. The van der Waals surface area contributed by atoms with Crippen molar-refractivity contribution >= 4 is 33.6 Å². The van der Waals surface area contributed by atoms with Crippen molar-refractivity contribution < 1.29 is 37.9 Å². The Morgan fingerprint density at radius 2 is 1.52 bits per heavy atom. The number of Topliss-reactive ketones (excluding diaryl/α,β-unsaturated/α-hetero) is 1. The summed E-state index contributed by atoms with van der Waals surface area (Å²) >= 11 is 3.97.